The maximum absolute atomic E-state index is 12.0. The van der Waals surface area contributed by atoms with Crippen LogP contribution in [0, 0.1) is 17.0 Å². The average molecular weight is 321 g/mol. The Morgan fingerprint density at radius 3 is 2.27 bits per heavy atom. The number of carbonyl (C=O) groups excluding carboxylic acids is 1. The summed E-state index contributed by atoms with van der Waals surface area (Å²) >= 11 is 0. The van der Waals surface area contributed by atoms with Crippen LogP contribution in [0.2, 0.25) is 0 Å². The van der Waals surface area contributed by atoms with Crippen LogP contribution in [0.1, 0.15) is 15.9 Å². The fraction of sp³-hybridized carbons (Fsp3) is 0.0714. The Labute approximate surface area is 126 Å². The normalized spacial score (nSPS) is 11.0. The number of carbonyl (C=O) groups is 1. The molecule has 0 bridgehead atoms. The van der Waals surface area contributed by atoms with E-state index in [1.165, 1.54) is 24.3 Å². The molecular weight excluding hydrogens is 310 g/mol. The lowest BCUT2D eigenvalue weighted by Crippen LogP contribution is -2.14. The summed E-state index contributed by atoms with van der Waals surface area (Å²) in [7, 11) is -4.34. The van der Waals surface area contributed by atoms with Crippen LogP contribution in [0.5, 0.6) is 0 Å². The zero-order chi connectivity index (χ0) is 16.3. The van der Waals surface area contributed by atoms with Crippen molar-refractivity contribution in [3.63, 3.8) is 0 Å². The first-order valence-electron chi connectivity index (χ1n) is 6.10. The van der Waals surface area contributed by atoms with Crippen LogP contribution in [0.4, 0.5) is 5.69 Å². The van der Waals surface area contributed by atoms with Crippen molar-refractivity contribution >= 4 is 21.8 Å². The van der Waals surface area contributed by atoms with Gasteiger partial charge in [-0.25, -0.2) is 4.79 Å². The number of nitro benzene ring substituents is 1. The van der Waals surface area contributed by atoms with Crippen LogP contribution >= 0.6 is 0 Å². The zero-order valence-electron chi connectivity index (χ0n) is 11.4. The fourth-order valence-electron chi connectivity index (χ4n) is 1.70. The number of hydrogen-bond acceptors (Lipinski definition) is 6. The van der Waals surface area contributed by atoms with Crippen molar-refractivity contribution < 1.29 is 22.3 Å². The second kappa shape index (κ2) is 5.94. The molecule has 2 aromatic rings. The second-order valence-electron chi connectivity index (χ2n) is 4.41. The van der Waals surface area contributed by atoms with Crippen LogP contribution in [-0.4, -0.2) is 19.3 Å². The highest BCUT2D eigenvalue weighted by Crippen LogP contribution is 2.21. The molecule has 0 atom stereocenters. The van der Waals surface area contributed by atoms with Crippen molar-refractivity contribution in [1.29, 1.82) is 0 Å². The van der Waals surface area contributed by atoms with Crippen LogP contribution in [-0.2, 0) is 14.3 Å². The molecule has 2 rings (SSSR count). The Balaban J connectivity index is 2.32. The van der Waals surface area contributed by atoms with E-state index >= 15 is 0 Å². The van der Waals surface area contributed by atoms with Gasteiger partial charge in [-0.15, -0.1) is 0 Å². The number of para-hydroxylation sites is 1. The summed E-state index contributed by atoms with van der Waals surface area (Å²) in [6.45, 7) is 1.77. The van der Waals surface area contributed by atoms with Gasteiger partial charge < -0.3 is 4.18 Å². The van der Waals surface area contributed by atoms with E-state index in [4.69, 9.17) is 0 Å². The van der Waals surface area contributed by atoms with Crippen molar-refractivity contribution in [3.8, 4) is 0 Å². The monoisotopic (exact) mass is 321 g/mol. The van der Waals surface area contributed by atoms with Crippen LogP contribution in [0.3, 0.4) is 0 Å². The molecule has 0 spiro atoms. The highest BCUT2D eigenvalue weighted by atomic mass is 32.2. The summed E-state index contributed by atoms with van der Waals surface area (Å²) in [5.74, 6) is -1.30. The van der Waals surface area contributed by atoms with Gasteiger partial charge in [-0.3, -0.25) is 10.1 Å². The van der Waals surface area contributed by atoms with E-state index in [1.54, 1.807) is 19.1 Å². The van der Waals surface area contributed by atoms with E-state index in [2.05, 4.69) is 4.18 Å². The molecule has 0 amide bonds. The maximum Gasteiger partial charge on any atom is 0.361 e. The molecule has 2 aromatic carbocycles. The van der Waals surface area contributed by atoms with Gasteiger partial charge in [0.05, 0.1) is 4.92 Å². The molecule has 0 aromatic heterocycles. The molecule has 7 nitrogen and oxygen atoms in total. The first-order valence-corrected chi connectivity index (χ1v) is 7.51. The number of nitrogens with zero attached hydrogens (tertiary/aromatic N) is 1. The Kier molecular flexibility index (Phi) is 4.22. The topological polar surface area (TPSA) is 104 Å². The van der Waals surface area contributed by atoms with Crippen LogP contribution in [0.25, 0.3) is 0 Å². The van der Waals surface area contributed by atoms with E-state index in [9.17, 15) is 23.3 Å². The Hall–Kier alpha value is -2.74. The quantitative estimate of drug-likeness (QED) is 0.487. The molecule has 0 saturated carbocycles. The fourth-order valence-corrected chi connectivity index (χ4v) is 2.56. The third-order valence-electron chi connectivity index (χ3n) is 2.82. The molecular formula is C14H11NO6S. The Bertz CT molecular complexity index is 827. The summed E-state index contributed by atoms with van der Waals surface area (Å²) in [6, 6.07) is 10.6. The van der Waals surface area contributed by atoms with Gasteiger partial charge in [-0.2, -0.15) is 8.42 Å². The van der Waals surface area contributed by atoms with Gasteiger partial charge >= 0.3 is 16.1 Å². The minimum absolute atomic E-state index is 0.204. The number of benzene rings is 2. The van der Waals surface area contributed by atoms with E-state index in [-0.39, 0.29) is 4.90 Å². The third kappa shape index (κ3) is 3.29. The minimum atomic E-state index is -4.34. The molecule has 0 N–H and O–H groups in total. The summed E-state index contributed by atoms with van der Waals surface area (Å²) in [5, 5.41) is 10.8. The van der Waals surface area contributed by atoms with Crippen molar-refractivity contribution in [2.75, 3.05) is 0 Å². The van der Waals surface area contributed by atoms with Crippen molar-refractivity contribution in [2.45, 2.75) is 11.8 Å². The van der Waals surface area contributed by atoms with Crippen molar-refractivity contribution in [1.82, 2.24) is 0 Å². The van der Waals surface area contributed by atoms with Crippen molar-refractivity contribution in [3.05, 3.63) is 69.8 Å². The second-order valence-corrected chi connectivity index (χ2v) is 5.96. The van der Waals surface area contributed by atoms with Crippen LogP contribution < -0.4 is 0 Å². The van der Waals surface area contributed by atoms with Gasteiger partial charge in [0, 0.05) is 6.07 Å². The number of nitro groups is 1. The molecule has 0 radical (unpaired) electrons. The molecule has 0 aliphatic carbocycles. The number of hydrogen-bond donors (Lipinski definition) is 0. The highest BCUT2D eigenvalue weighted by molar-refractivity contribution is 7.87. The lowest BCUT2D eigenvalue weighted by Gasteiger charge is -2.06. The summed E-state index contributed by atoms with van der Waals surface area (Å²) in [6.07, 6.45) is 0. The Morgan fingerprint density at radius 1 is 1.09 bits per heavy atom. The molecule has 114 valence electrons. The molecule has 0 aliphatic rings. The number of aryl methyl sites for hydroxylation is 1. The molecule has 0 aliphatic heterocycles. The number of rotatable bonds is 4. The first-order chi connectivity index (χ1) is 10.3. The molecule has 0 fully saturated rings. The van der Waals surface area contributed by atoms with Gasteiger partial charge in [-0.1, -0.05) is 29.8 Å². The molecule has 0 saturated heterocycles. The van der Waals surface area contributed by atoms with Crippen LogP contribution in [0.15, 0.2) is 53.4 Å². The zero-order valence-corrected chi connectivity index (χ0v) is 12.2. The SMILES string of the molecule is Cc1ccc(S(=O)(=O)OC(=O)c2ccccc2[N+](=O)[O-])cc1. The minimum Gasteiger partial charge on any atom is -0.337 e. The predicted octanol–water partition coefficient (Wildman–Crippen LogP) is 2.45. The molecule has 22 heavy (non-hydrogen) atoms. The van der Waals surface area contributed by atoms with E-state index < -0.39 is 32.3 Å². The molecule has 0 heterocycles. The lowest BCUT2D eigenvalue weighted by atomic mass is 10.2. The van der Waals surface area contributed by atoms with Gasteiger partial charge in [0.25, 0.3) is 5.69 Å². The van der Waals surface area contributed by atoms with Gasteiger partial charge in [0.1, 0.15) is 10.5 Å². The average Bonchev–Trinajstić information content (AvgIpc) is 2.47. The molecule has 0 unspecified atom stereocenters. The first kappa shape index (κ1) is 15.6. The summed E-state index contributed by atoms with van der Waals surface area (Å²) in [4.78, 5) is 21.8. The largest absolute Gasteiger partial charge is 0.361 e. The smallest absolute Gasteiger partial charge is 0.337 e. The summed E-state index contributed by atoms with van der Waals surface area (Å²) < 4.78 is 28.5. The van der Waals surface area contributed by atoms with Gasteiger partial charge in [-0.05, 0) is 25.1 Å². The molecule has 8 heteroatoms. The highest BCUT2D eigenvalue weighted by Gasteiger charge is 2.26. The van der Waals surface area contributed by atoms with E-state index in [0.717, 1.165) is 17.7 Å². The Morgan fingerprint density at radius 2 is 1.68 bits per heavy atom. The van der Waals surface area contributed by atoms with Gasteiger partial charge in [0.15, 0.2) is 0 Å². The van der Waals surface area contributed by atoms with Gasteiger partial charge in [0.2, 0.25) is 0 Å². The standard InChI is InChI=1S/C14H11NO6S/c1-10-6-8-11(9-7-10)22(19,20)21-14(16)12-4-2-3-5-13(12)15(17)18/h2-9H,1H3. The van der Waals surface area contributed by atoms with E-state index in [0.29, 0.717) is 0 Å². The maximum atomic E-state index is 12.0. The summed E-state index contributed by atoms with van der Waals surface area (Å²) in [5.41, 5.74) is -0.112. The lowest BCUT2D eigenvalue weighted by molar-refractivity contribution is -0.385. The predicted molar refractivity (Wildman–Crippen MR) is 76.9 cm³/mol. The van der Waals surface area contributed by atoms with Crippen molar-refractivity contribution in [2.24, 2.45) is 0 Å². The van der Waals surface area contributed by atoms with E-state index in [1.807, 2.05) is 0 Å². The third-order valence-corrected chi connectivity index (χ3v) is 4.04.